The molecule has 0 saturated heterocycles. The van der Waals surface area contributed by atoms with Gasteiger partial charge in [-0.2, -0.15) is 107 Å². The number of rotatable bonds is 2. The molecular formula is C36H44Ti. The first kappa shape index (κ1) is 31.1. The third-order valence-corrected chi connectivity index (χ3v) is 7.26. The van der Waals surface area contributed by atoms with Gasteiger partial charge in [0.15, 0.2) is 0 Å². The Morgan fingerprint density at radius 3 is 1.14 bits per heavy atom. The summed E-state index contributed by atoms with van der Waals surface area (Å²) in [7, 11) is 0. The topological polar surface area (TPSA) is 0 Å². The zero-order valence-electron chi connectivity index (χ0n) is 23.0. The smallest absolute Gasteiger partial charge is 0.213 e. The Labute approximate surface area is 242 Å². The predicted molar refractivity (Wildman–Crippen MR) is 156 cm³/mol. The van der Waals surface area contributed by atoms with E-state index in [9.17, 15) is 0 Å². The largest absolute Gasteiger partial charge is 4.00 e. The zero-order chi connectivity index (χ0) is 25.3. The van der Waals surface area contributed by atoms with Crippen LogP contribution in [-0.2, 0) is 21.7 Å². The van der Waals surface area contributed by atoms with Gasteiger partial charge in [-0.15, -0.1) is 0 Å². The van der Waals surface area contributed by atoms with Gasteiger partial charge in [-0.05, 0) is 0 Å². The van der Waals surface area contributed by atoms with Crippen LogP contribution in [-0.4, -0.2) is 0 Å². The molecule has 4 aromatic carbocycles. The van der Waals surface area contributed by atoms with Gasteiger partial charge in [0, 0.05) is 0 Å². The van der Waals surface area contributed by atoms with Gasteiger partial charge in [-0.1, -0.05) is 89.9 Å². The Hall–Kier alpha value is -2.15. The summed E-state index contributed by atoms with van der Waals surface area (Å²) in [6.07, 6.45) is 14.4. The molecule has 2 aliphatic carbocycles. The average Bonchev–Trinajstić information content (AvgIpc) is 3.67. The molecule has 0 bridgehead atoms. The van der Waals surface area contributed by atoms with E-state index in [1.54, 1.807) is 11.1 Å². The van der Waals surface area contributed by atoms with Crippen LogP contribution in [0.4, 0.5) is 0 Å². The number of aryl methyl sites for hydroxylation is 2. The Morgan fingerprint density at radius 1 is 0.541 bits per heavy atom. The van der Waals surface area contributed by atoms with E-state index in [4.69, 9.17) is 0 Å². The molecule has 1 heteroatoms. The van der Waals surface area contributed by atoms with E-state index in [0.29, 0.717) is 0 Å². The van der Waals surface area contributed by atoms with Crippen LogP contribution in [0, 0.1) is 26.0 Å². The van der Waals surface area contributed by atoms with Crippen LogP contribution in [0.1, 0.15) is 98.3 Å². The van der Waals surface area contributed by atoms with Crippen molar-refractivity contribution in [2.24, 2.45) is 0 Å². The van der Waals surface area contributed by atoms with Gasteiger partial charge >= 0.3 is 21.7 Å². The first-order valence-electron chi connectivity index (χ1n) is 14.0. The molecule has 0 aliphatic heterocycles. The van der Waals surface area contributed by atoms with Crippen LogP contribution in [0.15, 0.2) is 97.1 Å². The Kier molecular flexibility index (Phi) is 16.0. The summed E-state index contributed by atoms with van der Waals surface area (Å²) >= 11 is 0. The van der Waals surface area contributed by atoms with Gasteiger partial charge < -0.3 is 0 Å². The summed E-state index contributed by atoms with van der Waals surface area (Å²) in [6.45, 7) is 4.10. The second kappa shape index (κ2) is 19.0. The molecule has 0 heterocycles. The molecule has 0 spiro atoms. The monoisotopic (exact) mass is 524 g/mol. The normalized spacial score (nSPS) is 15.4. The molecular weight excluding hydrogens is 480 g/mol. The first-order chi connectivity index (χ1) is 17.7. The third kappa shape index (κ3) is 12.8. The molecule has 4 aromatic rings. The van der Waals surface area contributed by atoms with Crippen molar-refractivity contribution in [3.63, 3.8) is 0 Å². The minimum atomic E-state index is 0. The summed E-state index contributed by atoms with van der Waals surface area (Å²) in [5.74, 6) is 1.78. The van der Waals surface area contributed by atoms with Gasteiger partial charge in [0.2, 0.25) is 0 Å². The summed E-state index contributed by atoms with van der Waals surface area (Å²) in [6, 6.07) is 39.4. The average molecular weight is 525 g/mol. The SMILES string of the molecule is Cc1c[c-]ccc1.Cc1c[c-]ccc1.[Ti+4].c1cc[c-](C2CCCCC2)c1.c1cc[c-](C2CCCCC2)c1. The van der Waals surface area contributed by atoms with Crippen LogP contribution in [0.2, 0.25) is 0 Å². The quantitative estimate of drug-likeness (QED) is 0.181. The van der Waals surface area contributed by atoms with E-state index in [1.807, 2.05) is 36.4 Å². The maximum atomic E-state index is 2.96. The first-order valence-corrected chi connectivity index (χ1v) is 14.0. The standard InChI is InChI=1S/2C11H15.2C7H7.Ti/c2*1-2-6-10(7-3-1)11-8-4-5-9-11;2*1-7-5-3-2-4-6-7;/h2*4-5,8-10H,1-3,6-7H2;2*2-3,5-6H,1H3;/q4*-1;+4. The van der Waals surface area contributed by atoms with Gasteiger partial charge in [-0.3, -0.25) is 0 Å². The third-order valence-electron chi connectivity index (χ3n) is 7.26. The van der Waals surface area contributed by atoms with E-state index in [0.717, 1.165) is 11.8 Å². The van der Waals surface area contributed by atoms with Crippen molar-refractivity contribution >= 4 is 0 Å². The fourth-order valence-electron chi connectivity index (χ4n) is 5.16. The minimum Gasteiger partial charge on any atom is -0.213 e. The fourth-order valence-corrected chi connectivity index (χ4v) is 5.16. The molecule has 0 aromatic heterocycles. The van der Waals surface area contributed by atoms with Crippen LogP contribution < -0.4 is 0 Å². The van der Waals surface area contributed by atoms with Crippen molar-refractivity contribution in [1.29, 1.82) is 0 Å². The van der Waals surface area contributed by atoms with E-state index >= 15 is 0 Å². The van der Waals surface area contributed by atoms with Crippen LogP contribution in [0.3, 0.4) is 0 Å². The summed E-state index contributed by atoms with van der Waals surface area (Å²) in [4.78, 5) is 0. The van der Waals surface area contributed by atoms with Gasteiger partial charge in [0.1, 0.15) is 0 Å². The molecule has 0 radical (unpaired) electrons. The van der Waals surface area contributed by atoms with Crippen LogP contribution in [0.25, 0.3) is 0 Å². The molecule has 2 aliphatic rings. The molecule has 0 N–H and O–H groups in total. The van der Waals surface area contributed by atoms with Gasteiger partial charge in [0.25, 0.3) is 0 Å². The second-order valence-electron chi connectivity index (χ2n) is 10.3. The van der Waals surface area contributed by atoms with Crippen molar-refractivity contribution in [1.82, 2.24) is 0 Å². The Balaban J connectivity index is 0.000000176. The Morgan fingerprint density at radius 2 is 0.892 bits per heavy atom. The molecule has 192 valence electrons. The minimum absolute atomic E-state index is 0. The van der Waals surface area contributed by atoms with Crippen LogP contribution in [0.5, 0.6) is 0 Å². The maximum Gasteiger partial charge on any atom is 4.00 e. The van der Waals surface area contributed by atoms with Gasteiger partial charge in [-0.25, -0.2) is 24.3 Å². The molecule has 6 rings (SSSR count). The van der Waals surface area contributed by atoms with Crippen LogP contribution >= 0.6 is 0 Å². The molecule has 2 fully saturated rings. The molecule has 0 amide bonds. The van der Waals surface area contributed by atoms with E-state index in [-0.39, 0.29) is 21.7 Å². The Bertz CT molecular complexity index is 902. The van der Waals surface area contributed by atoms with Crippen molar-refractivity contribution in [2.75, 3.05) is 0 Å². The predicted octanol–water partition coefficient (Wildman–Crippen LogP) is 10.5. The van der Waals surface area contributed by atoms with Crippen molar-refractivity contribution < 1.29 is 21.7 Å². The molecule has 0 atom stereocenters. The zero-order valence-corrected chi connectivity index (χ0v) is 24.5. The van der Waals surface area contributed by atoms with E-state index in [1.165, 1.54) is 75.3 Å². The van der Waals surface area contributed by atoms with E-state index < -0.39 is 0 Å². The second-order valence-corrected chi connectivity index (χ2v) is 10.3. The molecule has 0 unspecified atom stereocenters. The summed E-state index contributed by atoms with van der Waals surface area (Å²) in [5.41, 5.74) is 5.68. The van der Waals surface area contributed by atoms with Crippen molar-refractivity contribution in [2.45, 2.75) is 89.9 Å². The van der Waals surface area contributed by atoms with Gasteiger partial charge in [0.05, 0.1) is 0 Å². The fraction of sp³-hybridized carbons (Fsp3) is 0.389. The molecule has 0 nitrogen and oxygen atoms in total. The van der Waals surface area contributed by atoms with E-state index in [2.05, 4.69) is 86.6 Å². The number of benzene rings is 2. The molecule has 37 heavy (non-hydrogen) atoms. The maximum absolute atomic E-state index is 2.96. The summed E-state index contributed by atoms with van der Waals surface area (Å²) < 4.78 is 0. The molecule has 2 saturated carbocycles. The van der Waals surface area contributed by atoms with Crippen molar-refractivity contribution in [3.8, 4) is 0 Å². The summed E-state index contributed by atoms with van der Waals surface area (Å²) in [5, 5.41) is 0. The number of hydrogen-bond acceptors (Lipinski definition) is 0. The van der Waals surface area contributed by atoms with Crippen molar-refractivity contribution in [3.05, 3.63) is 131 Å². The number of hydrogen-bond donors (Lipinski definition) is 0.